The summed E-state index contributed by atoms with van der Waals surface area (Å²) in [7, 11) is 1.38. The van der Waals surface area contributed by atoms with Gasteiger partial charge in [-0.1, -0.05) is 18.2 Å². The third-order valence-corrected chi connectivity index (χ3v) is 5.13. The number of nitro benzene ring substituents is 1. The quantitative estimate of drug-likeness (QED) is 0.343. The van der Waals surface area contributed by atoms with Gasteiger partial charge in [-0.3, -0.25) is 14.9 Å². The number of anilines is 1. The largest absolute Gasteiger partial charge is 0.496 e. The molecule has 1 heterocycles. The molecule has 2 aromatic carbocycles. The van der Waals surface area contributed by atoms with Crippen LogP contribution in [-0.4, -0.2) is 40.3 Å². The smallest absolute Gasteiger partial charge is 0.359 e. The molecule has 0 fully saturated rings. The number of rotatable bonds is 7. The van der Waals surface area contributed by atoms with E-state index in [2.05, 4.69) is 10.4 Å². The van der Waals surface area contributed by atoms with Gasteiger partial charge in [0, 0.05) is 11.3 Å². The highest BCUT2D eigenvalue weighted by Crippen LogP contribution is 2.30. The number of nitrogens with one attached hydrogen (secondary N) is 1. The summed E-state index contributed by atoms with van der Waals surface area (Å²) in [4.78, 5) is 35.5. The van der Waals surface area contributed by atoms with Crippen molar-refractivity contribution in [3.05, 3.63) is 75.6 Å². The van der Waals surface area contributed by atoms with Crippen LogP contribution < -0.4 is 10.1 Å². The molecule has 0 saturated heterocycles. The Morgan fingerprint density at radius 3 is 2.69 bits per heavy atom. The van der Waals surface area contributed by atoms with Crippen LogP contribution in [0.4, 0.5) is 11.4 Å². The summed E-state index contributed by atoms with van der Waals surface area (Å²) in [5.74, 6) is -1.13. The standard InChI is InChI=1S/C22H20N4O6/c1-31-15-10-11-17(19(12-15)26(29)30)23-20(27)13-32-22(28)21-16-8-5-9-18(16)25(24-21)14-6-3-2-4-7-14/h2-4,6-7,10-12H,5,8-9,13H2,1H3,(H,23,27). The number of aromatic nitrogens is 2. The fourth-order valence-corrected chi connectivity index (χ4v) is 3.67. The van der Waals surface area contributed by atoms with Crippen LogP contribution >= 0.6 is 0 Å². The van der Waals surface area contributed by atoms with E-state index in [1.54, 1.807) is 4.68 Å². The molecule has 32 heavy (non-hydrogen) atoms. The van der Waals surface area contributed by atoms with Crippen LogP contribution in [0.25, 0.3) is 5.69 Å². The number of ether oxygens (including phenoxy) is 2. The van der Waals surface area contributed by atoms with Crippen molar-refractivity contribution in [3.8, 4) is 11.4 Å². The molecule has 0 saturated carbocycles. The zero-order chi connectivity index (χ0) is 22.7. The summed E-state index contributed by atoms with van der Waals surface area (Å²) in [6.45, 7) is -0.602. The van der Waals surface area contributed by atoms with Crippen LogP contribution in [0, 0.1) is 10.1 Å². The Kier molecular flexibility index (Phi) is 5.84. The Hall–Kier alpha value is -4.21. The van der Waals surface area contributed by atoms with E-state index >= 15 is 0 Å². The number of hydrogen-bond donors (Lipinski definition) is 1. The molecule has 0 bridgehead atoms. The van der Waals surface area contributed by atoms with Gasteiger partial charge in [0.25, 0.3) is 11.6 Å². The van der Waals surface area contributed by atoms with Crippen molar-refractivity contribution in [2.45, 2.75) is 19.3 Å². The van der Waals surface area contributed by atoms with Crippen molar-refractivity contribution in [3.63, 3.8) is 0 Å². The molecule has 1 aliphatic carbocycles. The molecule has 0 unspecified atom stereocenters. The van der Waals surface area contributed by atoms with E-state index in [9.17, 15) is 19.7 Å². The van der Waals surface area contributed by atoms with Gasteiger partial charge in [0.1, 0.15) is 11.4 Å². The zero-order valence-electron chi connectivity index (χ0n) is 17.2. The average Bonchev–Trinajstić information content (AvgIpc) is 3.41. The lowest BCUT2D eigenvalue weighted by atomic mass is 10.2. The molecular weight excluding hydrogens is 416 g/mol. The van der Waals surface area contributed by atoms with Gasteiger partial charge < -0.3 is 14.8 Å². The summed E-state index contributed by atoms with van der Waals surface area (Å²) < 4.78 is 11.9. The highest BCUT2D eigenvalue weighted by atomic mass is 16.6. The van der Waals surface area contributed by atoms with Gasteiger partial charge in [-0.15, -0.1) is 0 Å². The molecule has 1 amide bonds. The van der Waals surface area contributed by atoms with Gasteiger partial charge in [-0.05, 0) is 43.5 Å². The minimum absolute atomic E-state index is 0.0221. The Bertz CT molecular complexity index is 1190. The predicted molar refractivity (Wildman–Crippen MR) is 114 cm³/mol. The summed E-state index contributed by atoms with van der Waals surface area (Å²) in [6.07, 6.45) is 2.41. The van der Waals surface area contributed by atoms with Crippen molar-refractivity contribution >= 4 is 23.3 Å². The lowest BCUT2D eigenvalue weighted by molar-refractivity contribution is -0.384. The van der Waals surface area contributed by atoms with Gasteiger partial charge in [0.05, 0.1) is 23.8 Å². The average molecular weight is 436 g/mol. The van der Waals surface area contributed by atoms with Crippen molar-refractivity contribution in [2.75, 3.05) is 19.0 Å². The van der Waals surface area contributed by atoms with Crippen LogP contribution in [0.2, 0.25) is 0 Å². The van der Waals surface area contributed by atoms with Crippen LogP contribution in [0.15, 0.2) is 48.5 Å². The number of carbonyl (C=O) groups excluding carboxylic acids is 2. The van der Waals surface area contributed by atoms with Crippen molar-refractivity contribution in [1.29, 1.82) is 0 Å². The molecule has 1 aliphatic rings. The minimum atomic E-state index is -0.711. The number of amides is 1. The molecule has 1 aromatic heterocycles. The first kappa shape index (κ1) is 21.0. The number of hydrogen-bond acceptors (Lipinski definition) is 7. The second-order valence-electron chi connectivity index (χ2n) is 7.14. The van der Waals surface area contributed by atoms with E-state index in [0.717, 1.165) is 29.8 Å². The van der Waals surface area contributed by atoms with Crippen molar-refractivity contribution in [2.24, 2.45) is 0 Å². The number of esters is 1. The van der Waals surface area contributed by atoms with E-state index in [-0.39, 0.29) is 22.8 Å². The second-order valence-corrected chi connectivity index (χ2v) is 7.14. The highest BCUT2D eigenvalue weighted by molar-refractivity contribution is 5.97. The number of carbonyl (C=O) groups is 2. The molecular formula is C22H20N4O6. The molecule has 164 valence electrons. The molecule has 0 radical (unpaired) electrons. The Morgan fingerprint density at radius 2 is 1.97 bits per heavy atom. The summed E-state index contributed by atoms with van der Waals surface area (Å²) in [6, 6.07) is 13.5. The highest BCUT2D eigenvalue weighted by Gasteiger charge is 2.28. The van der Waals surface area contributed by atoms with Crippen molar-refractivity contribution < 1.29 is 24.0 Å². The maximum atomic E-state index is 12.7. The molecule has 10 nitrogen and oxygen atoms in total. The first-order valence-electron chi connectivity index (χ1n) is 9.93. The van der Waals surface area contributed by atoms with Gasteiger partial charge in [0.2, 0.25) is 0 Å². The van der Waals surface area contributed by atoms with Crippen LogP contribution in [0.5, 0.6) is 5.75 Å². The fraction of sp³-hybridized carbons (Fsp3) is 0.227. The Balaban J connectivity index is 1.46. The Labute approximate surface area is 182 Å². The maximum Gasteiger partial charge on any atom is 0.359 e. The number of fused-ring (bicyclic) bond motifs is 1. The fourth-order valence-electron chi connectivity index (χ4n) is 3.67. The van der Waals surface area contributed by atoms with Crippen molar-refractivity contribution in [1.82, 2.24) is 9.78 Å². The van der Waals surface area contributed by atoms with Crippen LogP contribution in [0.1, 0.15) is 28.2 Å². The van der Waals surface area contributed by atoms with Gasteiger partial charge in [-0.25, -0.2) is 9.48 Å². The molecule has 0 atom stereocenters. The molecule has 0 spiro atoms. The second kappa shape index (κ2) is 8.88. The summed E-state index contributed by atoms with van der Waals surface area (Å²) in [5, 5.41) is 18.1. The SMILES string of the molecule is COc1ccc(NC(=O)COC(=O)c2nn(-c3ccccc3)c3c2CCC3)c([N+](=O)[O-])c1. The number of nitrogens with zero attached hydrogens (tertiary/aromatic N) is 3. The minimum Gasteiger partial charge on any atom is -0.496 e. The maximum absolute atomic E-state index is 12.7. The van der Waals surface area contributed by atoms with Gasteiger partial charge in [0.15, 0.2) is 12.3 Å². The molecule has 4 rings (SSSR count). The number of para-hydroxylation sites is 1. The van der Waals surface area contributed by atoms with E-state index in [1.165, 1.54) is 25.3 Å². The molecule has 1 N–H and O–H groups in total. The third-order valence-electron chi connectivity index (χ3n) is 5.13. The molecule has 0 aliphatic heterocycles. The zero-order valence-corrected chi connectivity index (χ0v) is 17.2. The lowest BCUT2D eigenvalue weighted by Crippen LogP contribution is -2.22. The molecule has 3 aromatic rings. The lowest BCUT2D eigenvalue weighted by Gasteiger charge is -2.08. The predicted octanol–water partition coefficient (Wildman–Crippen LogP) is 3.07. The number of nitro groups is 1. The van der Waals surface area contributed by atoms with Gasteiger partial charge in [-0.2, -0.15) is 5.10 Å². The summed E-state index contributed by atoms with van der Waals surface area (Å²) in [5.41, 5.74) is 2.46. The van der Waals surface area contributed by atoms with Crippen LogP contribution in [-0.2, 0) is 22.4 Å². The van der Waals surface area contributed by atoms with Gasteiger partial charge >= 0.3 is 5.97 Å². The number of methoxy groups -OCH3 is 1. The van der Waals surface area contributed by atoms with E-state index < -0.39 is 23.4 Å². The topological polar surface area (TPSA) is 126 Å². The monoisotopic (exact) mass is 436 g/mol. The van der Waals surface area contributed by atoms with E-state index in [0.29, 0.717) is 6.42 Å². The van der Waals surface area contributed by atoms with Crippen LogP contribution in [0.3, 0.4) is 0 Å². The molecule has 10 heteroatoms. The summed E-state index contributed by atoms with van der Waals surface area (Å²) >= 11 is 0. The number of benzene rings is 2. The Morgan fingerprint density at radius 1 is 1.19 bits per heavy atom. The normalized spacial score (nSPS) is 12.2. The third kappa shape index (κ3) is 4.15. The van der Waals surface area contributed by atoms with E-state index in [4.69, 9.17) is 9.47 Å². The first-order valence-corrected chi connectivity index (χ1v) is 9.93. The van der Waals surface area contributed by atoms with E-state index in [1.807, 2.05) is 30.3 Å². The first-order chi connectivity index (χ1) is 15.5.